The molecule has 0 aromatic heterocycles. The van der Waals surface area contributed by atoms with Gasteiger partial charge >= 0.3 is 5.69 Å². The molecule has 4 aromatic rings. The maximum atomic E-state index is 11.4. The first-order chi connectivity index (χ1) is 18.0. The van der Waals surface area contributed by atoms with Crippen LogP contribution in [0.2, 0.25) is 0 Å². The zero-order chi connectivity index (χ0) is 26.2. The van der Waals surface area contributed by atoms with Crippen molar-refractivity contribution in [2.45, 2.75) is 0 Å². The summed E-state index contributed by atoms with van der Waals surface area (Å²) >= 11 is 0. The summed E-state index contributed by atoms with van der Waals surface area (Å²) in [5.74, 6) is 0.316. The number of nitro groups is 2. The number of hydrogen-bond acceptors (Lipinski definition) is 8. The minimum Gasteiger partial charge on any atom is -0.493 e. The van der Waals surface area contributed by atoms with Crippen molar-refractivity contribution in [1.29, 1.82) is 0 Å². The number of nitro benzene ring substituents is 2. The van der Waals surface area contributed by atoms with Gasteiger partial charge in [0.25, 0.3) is 5.69 Å². The quantitative estimate of drug-likeness (QED) is 0.155. The van der Waals surface area contributed by atoms with Gasteiger partial charge in [0, 0.05) is 17.2 Å². The van der Waals surface area contributed by atoms with E-state index in [0.717, 1.165) is 23.3 Å². The second-order valence-electron chi connectivity index (χ2n) is 7.60. The average molecular weight is 496 g/mol. The van der Waals surface area contributed by atoms with Gasteiger partial charge in [0.15, 0.2) is 11.5 Å². The molecular formula is C27H20N4O6. The molecule has 184 valence electrons. The third-order valence-corrected chi connectivity index (χ3v) is 5.22. The molecule has 0 heterocycles. The van der Waals surface area contributed by atoms with Crippen molar-refractivity contribution < 1.29 is 19.3 Å². The van der Waals surface area contributed by atoms with Crippen LogP contribution in [-0.4, -0.2) is 28.9 Å². The van der Waals surface area contributed by atoms with Crippen molar-refractivity contribution in [3.63, 3.8) is 0 Å². The van der Waals surface area contributed by atoms with Crippen molar-refractivity contribution in [1.82, 2.24) is 0 Å². The van der Waals surface area contributed by atoms with Crippen LogP contribution < -0.4 is 9.47 Å². The molecule has 0 bridgehead atoms. The lowest BCUT2D eigenvalue weighted by molar-refractivity contribution is -0.394. The molecule has 0 spiro atoms. The summed E-state index contributed by atoms with van der Waals surface area (Å²) in [6.45, 7) is 0. The summed E-state index contributed by atoms with van der Waals surface area (Å²) in [6, 6.07) is 27.4. The Kier molecular flexibility index (Phi) is 7.60. The molecule has 0 aliphatic carbocycles. The highest BCUT2D eigenvalue weighted by Gasteiger charge is 2.22. The third-order valence-electron chi connectivity index (χ3n) is 5.22. The zero-order valence-corrected chi connectivity index (χ0v) is 19.6. The molecule has 0 N–H and O–H groups in total. The van der Waals surface area contributed by atoms with E-state index >= 15 is 0 Å². The molecule has 4 aromatic carbocycles. The van der Waals surface area contributed by atoms with Gasteiger partial charge < -0.3 is 9.47 Å². The topological polar surface area (TPSA) is 129 Å². The second kappa shape index (κ2) is 11.4. The summed E-state index contributed by atoms with van der Waals surface area (Å²) in [5, 5.41) is 31.1. The maximum absolute atomic E-state index is 11.4. The minimum atomic E-state index is -0.745. The normalized spacial score (nSPS) is 10.6. The van der Waals surface area contributed by atoms with Gasteiger partial charge in [-0.3, -0.25) is 20.2 Å². The predicted octanol–water partition coefficient (Wildman–Crippen LogP) is 6.18. The van der Waals surface area contributed by atoms with Crippen LogP contribution in [0.3, 0.4) is 0 Å². The molecule has 0 unspecified atom stereocenters. The highest BCUT2D eigenvalue weighted by atomic mass is 16.6. The van der Waals surface area contributed by atoms with Crippen LogP contribution in [-0.2, 0) is 0 Å². The van der Waals surface area contributed by atoms with E-state index in [9.17, 15) is 20.2 Å². The number of hydrogen-bond donors (Lipinski definition) is 0. The van der Waals surface area contributed by atoms with Crippen molar-refractivity contribution in [3.05, 3.63) is 134 Å². The molecule has 0 aliphatic heterocycles. The van der Waals surface area contributed by atoms with Crippen molar-refractivity contribution in [3.8, 4) is 17.2 Å². The summed E-state index contributed by atoms with van der Waals surface area (Å²) < 4.78 is 11.1. The SMILES string of the molecule is COc1cc(/C=N/N=C(c2ccccc2)c2ccccc2)ccc1Oc1ccc([N+](=O)[O-])cc1[N+](=O)[O-]. The lowest BCUT2D eigenvalue weighted by Gasteiger charge is -2.11. The third kappa shape index (κ3) is 6.01. The molecule has 10 heteroatoms. The van der Waals surface area contributed by atoms with Gasteiger partial charge in [0.2, 0.25) is 5.75 Å². The number of nitrogens with zero attached hydrogens (tertiary/aromatic N) is 4. The zero-order valence-electron chi connectivity index (χ0n) is 19.6. The van der Waals surface area contributed by atoms with Crippen LogP contribution in [0.25, 0.3) is 0 Å². The Hall–Kier alpha value is -5.38. The van der Waals surface area contributed by atoms with Crippen LogP contribution in [0.4, 0.5) is 11.4 Å². The maximum Gasteiger partial charge on any atom is 0.318 e. The average Bonchev–Trinajstić information content (AvgIpc) is 2.92. The van der Waals surface area contributed by atoms with Crippen LogP contribution in [0.15, 0.2) is 107 Å². The molecular weight excluding hydrogens is 476 g/mol. The van der Waals surface area contributed by atoms with Gasteiger partial charge in [-0.15, -0.1) is 5.10 Å². The molecule has 0 radical (unpaired) electrons. The first kappa shape index (κ1) is 24.7. The Labute approximate surface area is 211 Å². The highest BCUT2D eigenvalue weighted by molar-refractivity contribution is 6.12. The van der Waals surface area contributed by atoms with E-state index < -0.39 is 21.2 Å². The van der Waals surface area contributed by atoms with E-state index in [2.05, 4.69) is 10.2 Å². The van der Waals surface area contributed by atoms with Crippen LogP contribution in [0.5, 0.6) is 17.2 Å². The van der Waals surface area contributed by atoms with Gasteiger partial charge in [0.1, 0.15) is 5.71 Å². The Morgan fingerprint density at radius 1 is 0.757 bits per heavy atom. The number of ether oxygens (including phenoxy) is 2. The van der Waals surface area contributed by atoms with E-state index in [1.165, 1.54) is 13.2 Å². The fraction of sp³-hybridized carbons (Fsp3) is 0.0370. The van der Waals surface area contributed by atoms with Gasteiger partial charge in [-0.1, -0.05) is 60.7 Å². The van der Waals surface area contributed by atoms with Crippen LogP contribution >= 0.6 is 0 Å². The van der Waals surface area contributed by atoms with Gasteiger partial charge in [-0.2, -0.15) is 5.10 Å². The molecule has 0 saturated heterocycles. The number of non-ortho nitro benzene ring substituents is 1. The molecule has 10 nitrogen and oxygen atoms in total. The van der Waals surface area contributed by atoms with E-state index in [1.54, 1.807) is 24.4 Å². The summed E-state index contributed by atoms with van der Waals surface area (Å²) in [4.78, 5) is 20.9. The lowest BCUT2D eigenvalue weighted by Crippen LogP contribution is -2.02. The molecule has 0 atom stereocenters. The Balaban J connectivity index is 1.61. The smallest absolute Gasteiger partial charge is 0.318 e. The summed E-state index contributed by atoms with van der Waals surface area (Å²) in [5.41, 5.74) is 2.23. The second-order valence-corrected chi connectivity index (χ2v) is 7.60. The predicted molar refractivity (Wildman–Crippen MR) is 139 cm³/mol. The van der Waals surface area contributed by atoms with Crippen molar-refractivity contribution in [2.75, 3.05) is 7.11 Å². The van der Waals surface area contributed by atoms with Gasteiger partial charge in [-0.05, 0) is 29.8 Å². The van der Waals surface area contributed by atoms with E-state index in [1.807, 2.05) is 60.7 Å². The van der Waals surface area contributed by atoms with E-state index in [4.69, 9.17) is 9.47 Å². The summed E-state index contributed by atoms with van der Waals surface area (Å²) in [6.07, 6.45) is 1.55. The number of rotatable bonds is 9. The molecule has 0 aliphatic rings. The molecule has 37 heavy (non-hydrogen) atoms. The minimum absolute atomic E-state index is 0.157. The number of benzene rings is 4. The van der Waals surface area contributed by atoms with Crippen molar-refractivity contribution in [2.24, 2.45) is 10.2 Å². The fourth-order valence-corrected chi connectivity index (χ4v) is 3.44. The van der Waals surface area contributed by atoms with Gasteiger partial charge in [-0.25, -0.2) is 0 Å². The standard InChI is InChI=1S/C27H20N4O6/c1-36-26-16-19(12-14-25(26)37-24-15-13-22(30(32)33)17-23(24)31(34)35)18-28-29-27(20-8-4-2-5-9-20)21-10-6-3-7-11-21/h2-18H,1H3/b28-18+. The Morgan fingerprint density at radius 2 is 1.38 bits per heavy atom. The monoisotopic (exact) mass is 496 g/mol. The lowest BCUT2D eigenvalue weighted by atomic mass is 10.0. The molecule has 0 amide bonds. The summed E-state index contributed by atoms with van der Waals surface area (Å²) in [7, 11) is 1.43. The largest absolute Gasteiger partial charge is 0.493 e. The number of methoxy groups -OCH3 is 1. The van der Waals surface area contributed by atoms with Crippen molar-refractivity contribution >= 4 is 23.3 Å². The molecule has 0 saturated carbocycles. The molecule has 0 fully saturated rings. The van der Waals surface area contributed by atoms with E-state index in [0.29, 0.717) is 11.3 Å². The Bertz CT molecular complexity index is 1450. The van der Waals surface area contributed by atoms with Crippen LogP contribution in [0, 0.1) is 20.2 Å². The first-order valence-electron chi connectivity index (χ1n) is 11.0. The highest BCUT2D eigenvalue weighted by Crippen LogP contribution is 2.38. The van der Waals surface area contributed by atoms with Crippen LogP contribution in [0.1, 0.15) is 16.7 Å². The van der Waals surface area contributed by atoms with E-state index in [-0.39, 0.29) is 17.2 Å². The first-order valence-corrected chi connectivity index (χ1v) is 11.0. The molecule has 4 rings (SSSR count). The fourth-order valence-electron chi connectivity index (χ4n) is 3.44. The Morgan fingerprint density at radius 3 is 1.95 bits per heavy atom. The van der Waals surface area contributed by atoms with Gasteiger partial charge in [0.05, 0.1) is 29.2 Å².